The molecule has 0 unspecified atom stereocenters. The summed E-state index contributed by atoms with van der Waals surface area (Å²) in [6.07, 6.45) is 3.93. The first-order chi connectivity index (χ1) is 7.84. The number of rotatable bonds is 1. The van der Waals surface area contributed by atoms with Gasteiger partial charge in [0.1, 0.15) is 11.6 Å². The van der Waals surface area contributed by atoms with Crippen LogP contribution in [-0.2, 0) is 0 Å². The Morgan fingerprint density at radius 2 is 2.00 bits per heavy atom. The van der Waals surface area contributed by atoms with E-state index in [1.165, 1.54) is 24.0 Å². The summed E-state index contributed by atoms with van der Waals surface area (Å²) < 4.78 is 1.24. The average Bonchev–Trinajstić information content (AvgIpc) is 2.77. The van der Waals surface area contributed by atoms with Gasteiger partial charge in [0, 0.05) is 13.1 Å². The second kappa shape index (κ2) is 4.01. The van der Waals surface area contributed by atoms with Gasteiger partial charge in [0.2, 0.25) is 0 Å². The molecule has 0 aromatic carbocycles. The predicted octanol–water partition coefficient (Wildman–Crippen LogP) is 2.99. The molecule has 4 heteroatoms. The van der Waals surface area contributed by atoms with E-state index in [1.54, 1.807) is 11.3 Å². The lowest BCUT2D eigenvalue weighted by Gasteiger charge is -2.28. The Morgan fingerprint density at radius 3 is 2.81 bits per heavy atom. The van der Waals surface area contributed by atoms with Crippen LogP contribution in [0.3, 0.4) is 0 Å². The van der Waals surface area contributed by atoms with Crippen LogP contribution in [0.2, 0.25) is 0 Å². The summed E-state index contributed by atoms with van der Waals surface area (Å²) >= 11 is 1.75. The van der Waals surface area contributed by atoms with Gasteiger partial charge in [-0.25, -0.2) is 9.97 Å². The summed E-state index contributed by atoms with van der Waals surface area (Å²) in [4.78, 5) is 11.5. The zero-order valence-corrected chi connectivity index (χ0v) is 10.3. The van der Waals surface area contributed by atoms with Gasteiger partial charge in [0.05, 0.1) is 10.2 Å². The van der Waals surface area contributed by atoms with E-state index in [-0.39, 0.29) is 0 Å². The zero-order valence-electron chi connectivity index (χ0n) is 9.44. The van der Waals surface area contributed by atoms with E-state index in [2.05, 4.69) is 26.3 Å². The summed E-state index contributed by atoms with van der Waals surface area (Å²) in [5, 5.41) is 2.10. The number of hydrogen-bond donors (Lipinski definition) is 0. The van der Waals surface area contributed by atoms with Crippen molar-refractivity contribution in [1.29, 1.82) is 0 Å². The molecule has 3 heterocycles. The highest BCUT2D eigenvalue weighted by atomic mass is 32.1. The topological polar surface area (TPSA) is 29.0 Å². The molecule has 0 spiro atoms. The molecule has 3 nitrogen and oxygen atoms in total. The zero-order chi connectivity index (χ0) is 11.0. The maximum atomic E-state index is 4.62. The fourth-order valence-corrected chi connectivity index (χ4v) is 3.13. The van der Waals surface area contributed by atoms with Gasteiger partial charge in [-0.05, 0) is 37.6 Å². The minimum Gasteiger partial charge on any atom is -0.355 e. The Bertz CT molecular complexity index is 500. The molecular weight excluding hydrogens is 218 g/mol. The first-order valence-electron chi connectivity index (χ1n) is 5.81. The largest absolute Gasteiger partial charge is 0.355 e. The van der Waals surface area contributed by atoms with Gasteiger partial charge in [-0.3, -0.25) is 0 Å². The van der Waals surface area contributed by atoms with Gasteiger partial charge in [0.25, 0.3) is 0 Å². The average molecular weight is 233 g/mol. The molecule has 0 amide bonds. The number of hydrogen-bond acceptors (Lipinski definition) is 4. The standard InChI is InChI=1S/C12H15N3S/c1-9-13-10-5-8-16-11(10)12(14-9)15-6-3-2-4-7-15/h5,8H,2-4,6-7H2,1H3. The highest BCUT2D eigenvalue weighted by Gasteiger charge is 2.16. The van der Waals surface area contributed by atoms with E-state index in [1.807, 2.05) is 6.92 Å². The maximum absolute atomic E-state index is 4.62. The Morgan fingerprint density at radius 1 is 1.19 bits per heavy atom. The fourth-order valence-electron chi connectivity index (χ4n) is 2.28. The molecule has 0 bridgehead atoms. The van der Waals surface area contributed by atoms with Crippen molar-refractivity contribution in [2.24, 2.45) is 0 Å². The van der Waals surface area contributed by atoms with Crippen LogP contribution < -0.4 is 4.90 Å². The lowest BCUT2D eigenvalue weighted by molar-refractivity contribution is 0.574. The third-order valence-corrected chi connectivity index (χ3v) is 3.95. The van der Waals surface area contributed by atoms with E-state index < -0.39 is 0 Å². The third-order valence-electron chi connectivity index (χ3n) is 3.05. The van der Waals surface area contributed by atoms with Gasteiger partial charge in [-0.15, -0.1) is 11.3 Å². The van der Waals surface area contributed by atoms with Crippen molar-refractivity contribution in [2.75, 3.05) is 18.0 Å². The van der Waals surface area contributed by atoms with E-state index in [9.17, 15) is 0 Å². The van der Waals surface area contributed by atoms with Crippen LogP contribution in [0, 0.1) is 6.92 Å². The van der Waals surface area contributed by atoms with Crippen LogP contribution >= 0.6 is 11.3 Å². The predicted molar refractivity (Wildman–Crippen MR) is 68.2 cm³/mol. The molecule has 0 atom stereocenters. The molecule has 84 valence electrons. The first-order valence-corrected chi connectivity index (χ1v) is 6.69. The quantitative estimate of drug-likeness (QED) is 0.758. The van der Waals surface area contributed by atoms with Crippen molar-refractivity contribution >= 4 is 27.4 Å². The molecule has 1 aliphatic heterocycles. The van der Waals surface area contributed by atoms with Gasteiger partial charge in [-0.1, -0.05) is 0 Å². The number of aromatic nitrogens is 2. The molecule has 1 saturated heterocycles. The highest BCUT2D eigenvalue weighted by molar-refractivity contribution is 7.17. The minimum atomic E-state index is 0.881. The van der Waals surface area contributed by atoms with Gasteiger partial charge in [0.15, 0.2) is 0 Å². The molecule has 0 aliphatic carbocycles. The maximum Gasteiger partial charge on any atom is 0.150 e. The molecule has 1 aliphatic rings. The number of thiophene rings is 1. The van der Waals surface area contributed by atoms with E-state index in [0.29, 0.717) is 0 Å². The lowest BCUT2D eigenvalue weighted by atomic mass is 10.1. The molecule has 2 aromatic rings. The number of piperidine rings is 1. The number of nitrogens with zero attached hydrogens (tertiary/aromatic N) is 3. The van der Waals surface area contributed by atoms with Gasteiger partial charge < -0.3 is 4.90 Å². The Kier molecular flexibility index (Phi) is 2.52. The summed E-state index contributed by atoms with van der Waals surface area (Å²) in [6, 6.07) is 2.09. The normalized spacial score (nSPS) is 16.9. The Labute approximate surface area is 99.1 Å². The molecule has 0 saturated carbocycles. The van der Waals surface area contributed by atoms with Crippen molar-refractivity contribution < 1.29 is 0 Å². The number of fused-ring (bicyclic) bond motifs is 1. The second-order valence-electron chi connectivity index (χ2n) is 4.28. The highest BCUT2D eigenvalue weighted by Crippen LogP contribution is 2.30. The molecule has 1 fully saturated rings. The molecule has 0 N–H and O–H groups in total. The summed E-state index contributed by atoms with van der Waals surface area (Å²) in [5.74, 6) is 2.03. The van der Waals surface area contributed by atoms with Crippen LogP contribution in [0.25, 0.3) is 10.2 Å². The third kappa shape index (κ3) is 1.67. The molecule has 2 aromatic heterocycles. The summed E-state index contributed by atoms with van der Waals surface area (Å²) in [6.45, 7) is 4.26. The number of anilines is 1. The van der Waals surface area contributed by atoms with Crippen molar-refractivity contribution in [3.63, 3.8) is 0 Å². The van der Waals surface area contributed by atoms with E-state index >= 15 is 0 Å². The Balaban J connectivity index is 2.09. The van der Waals surface area contributed by atoms with Crippen LogP contribution in [0.15, 0.2) is 11.4 Å². The second-order valence-corrected chi connectivity index (χ2v) is 5.19. The van der Waals surface area contributed by atoms with Crippen LogP contribution in [0.5, 0.6) is 0 Å². The van der Waals surface area contributed by atoms with Crippen molar-refractivity contribution in [2.45, 2.75) is 26.2 Å². The van der Waals surface area contributed by atoms with Crippen molar-refractivity contribution in [3.05, 3.63) is 17.3 Å². The van der Waals surface area contributed by atoms with Crippen LogP contribution in [-0.4, -0.2) is 23.1 Å². The summed E-state index contributed by atoms with van der Waals surface area (Å²) in [5.41, 5.74) is 1.10. The first kappa shape index (κ1) is 10.0. The Hall–Kier alpha value is -1.16. The van der Waals surface area contributed by atoms with Crippen LogP contribution in [0.1, 0.15) is 25.1 Å². The minimum absolute atomic E-state index is 0.881. The number of aryl methyl sites for hydroxylation is 1. The smallest absolute Gasteiger partial charge is 0.150 e. The monoisotopic (exact) mass is 233 g/mol. The molecule has 16 heavy (non-hydrogen) atoms. The van der Waals surface area contributed by atoms with Gasteiger partial charge in [-0.2, -0.15) is 0 Å². The fraction of sp³-hybridized carbons (Fsp3) is 0.500. The molecule has 3 rings (SSSR count). The molecule has 0 radical (unpaired) electrons. The SMILES string of the molecule is Cc1nc(N2CCCCC2)c2sccc2n1. The van der Waals surface area contributed by atoms with Gasteiger partial charge >= 0.3 is 0 Å². The lowest BCUT2D eigenvalue weighted by Crippen LogP contribution is -2.30. The van der Waals surface area contributed by atoms with Crippen LogP contribution in [0.4, 0.5) is 5.82 Å². The van der Waals surface area contributed by atoms with Crippen molar-refractivity contribution in [1.82, 2.24) is 9.97 Å². The van der Waals surface area contributed by atoms with Crippen molar-refractivity contribution in [3.8, 4) is 0 Å². The molecular formula is C12H15N3S. The van der Waals surface area contributed by atoms with E-state index in [0.717, 1.165) is 30.2 Å². The summed E-state index contributed by atoms with van der Waals surface area (Å²) in [7, 11) is 0. The van der Waals surface area contributed by atoms with E-state index in [4.69, 9.17) is 0 Å².